The number of aryl methyl sites for hydroxylation is 1. The van der Waals surface area contributed by atoms with Gasteiger partial charge in [-0.3, -0.25) is 4.79 Å². The number of hydrogen-bond donors (Lipinski definition) is 0. The number of carbonyl (C=O) groups excluding carboxylic acids is 1. The molecular formula is C27H31NO4. The van der Waals surface area contributed by atoms with Gasteiger partial charge >= 0.3 is 0 Å². The fraction of sp³-hybridized carbons (Fsp3) is 0.370. The van der Waals surface area contributed by atoms with Crippen LogP contribution in [0.4, 0.5) is 0 Å². The first-order chi connectivity index (χ1) is 15.4. The summed E-state index contributed by atoms with van der Waals surface area (Å²) in [6, 6.07) is 9.95. The second-order valence-electron chi connectivity index (χ2n) is 8.64. The molecule has 5 heteroatoms. The van der Waals surface area contributed by atoms with E-state index in [0.29, 0.717) is 5.92 Å². The first kappa shape index (κ1) is 22.0. The van der Waals surface area contributed by atoms with Gasteiger partial charge in [0.1, 0.15) is 17.1 Å². The van der Waals surface area contributed by atoms with Crippen molar-refractivity contribution in [1.29, 1.82) is 0 Å². The molecule has 1 amide bonds. The molecule has 32 heavy (non-hydrogen) atoms. The van der Waals surface area contributed by atoms with Crippen molar-refractivity contribution in [1.82, 2.24) is 4.90 Å². The summed E-state index contributed by atoms with van der Waals surface area (Å²) in [5.41, 5.74) is 5.37. The number of ether oxygens (including phenoxy) is 2. The Morgan fingerprint density at radius 2 is 1.84 bits per heavy atom. The van der Waals surface area contributed by atoms with E-state index in [1.807, 2.05) is 43.0 Å². The van der Waals surface area contributed by atoms with E-state index in [-0.39, 0.29) is 5.91 Å². The third-order valence-corrected chi connectivity index (χ3v) is 6.51. The Morgan fingerprint density at radius 1 is 1.12 bits per heavy atom. The first-order valence-electron chi connectivity index (χ1n) is 11.1. The molecule has 1 aliphatic rings. The zero-order chi connectivity index (χ0) is 22.8. The average Bonchev–Trinajstić information content (AvgIpc) is 3.23. The summed E-state index contributed by atoms with van der Waals surface area (Å²) in [5.74, 6) is 2.26. The number of furan rings is 1. The normalized spacial score (nSPS) is 15.3. The Kier molecular flexibility index (Phi) is 6.26. The SMILES string of the molecule is COc1ccccc1-c1coc2c(C)c(OC)c(/C(C)=C/C(=O)N3CCC(C)CC3)cc12. The van der Waals surface area contributed by atoms with Crippen LogP contribution < -0.4 is 9.47 Å². The monoisotopic (exact) mass is 433 g/mol. The van der Waals surface area contributed by atoms with Crippen LogP contribution >= 0.6 is 0 Å². The van der Waals surface area contributed by atoms with Crippen molar-refractivity contribution in [2.24, 2.45) is 5.92 Å². The fourth-order valence-electron chi connectivity index (χ4n) is 4.53. The van der Waals surface area contributed by atoms with Gasteiger partial charge in [0.05, 0.1) is 20.5 Å². The minimum Gasteiger partial charge on any atom is -0.496 e. The molecule has 2 aromatic carbocycles. The molecular weight excluding hydrogens is 402 g/mol. The van der Waals surface area contributed by atoms with E-state index in [4.69, 9.17) is 13.9 Å². The highest BCUT2D eigenvalue weighted by Gasteiger charge is 2.22. The Labute approximate surface area is 189 Å². The lowest BCUT2D eigenvalue weighted by molar-refractivity contribution is -0.127. The molecule has 1 aliphatic heterocycles. The smallest absolute Gasteiger partial charge is 0.246 e. The van der Waals surface area contributed by atoms with Gasteiger partial charge < -0.3 is 18.8 Å². The van der Waals surface area contributed by atoms with Crippen molar-refractivity contribution in [3.05, 3.63) is 53.8 Å². The van der Waals surface area contributed by atoms with E-state index in [1.165, 1.54) is 0 Å². The van der Waals surface area contributed by atoms with Gasteiger partial charge in [0.25, 0.3) is 0 Å². The van der Waals surface area contributed by atoms with Crippen LogP contribution in [0.25, 0.3) is 27.7 Å². The Morgan fingerprint density at radius 3 is 2.53 bits per heavy atom. The number of likely N-dealkylation sites (tertiary alicyclic amines) is 1. The highest BCUT2D eigenvalue weighted by Crippen LogP contribution is 2.42. The van der Waals surface area contributed by atoms with Gasteiger partial charge in [-0.25, -0.2) is 0 Å². The minimum atomic E-state index is 0.0614. The summed E-state index contributed by atoms with van der Waals surface area (Å²) >= 11 is 0. The number of methoxy groups -OCH3 is 2. The standard InChI is InChI=1S/C27H31NO4/c1-17-10-12-28(13-11-17)25(29)14-18(2)21-15-22-23(20-8-6-7-9-24(20)30-4)16-32-27(22)19(3)26(21)31-5/h6-9,14-17H,10-13H2,1-5H3/b18-14+. The van der Waals surface area contributed by atoms with Gasteiger partial charge in [-0.05, 0) is 50.3 Å². The number of allylic oxidation sites excluding steroid dienone is 1. The summed E-state index contributed by atoms with van der Waals surface area (Å²) in [4.78, 5) is 14.9. The molecule has 5 nitrogen and oxygen atoms in total. The van der Waals surface area contributed by atoms with Gasteiger partial charge in [0.2, 0.25) is 5.91 Å². The predicted octanol–water partition coefficient (Wildman–Crippen LogP) is 6.09. The van der Waals surface area contributed by atoms with Crippen LogP contribution in [0.1, 0.15) is 37.8 Å². The molecule has 0 aliphatic carbocycles. The Bertz CT molecular complexity index is 1170. The first-order valence-corrected chi connectivity index (χ1v) is 11.1. The molecule has 0 N–H and O–H groups in total. The molecule has 1 fully saturated rings. The third-order valence-electron chi connectivity index (χ3n) is 6.51. The van der Waals surface area contributed by atoms with Crippen molar-refractivity contribution in [2.45, 2.75) is 33.6 Å². The molecule has 1 saturated heterocycles. The topological polar surface area (TPSA) is 51.9 Å². The summed E-state index contributed by atoms with van der Waals surface area (Å²) in [6.45, 7) is 7.84. The number of para-hydroxylation sites is 1. The van der Waals surface area contributed by atoms with Crippen molar-refractivity contribution in [3.8, 4) is 22.6 Å². The zero-order valence-corrected chi connectivity index (χ0v) is 19.5. The van der Waals surface area contributed by atoms with Gasteiger partial charge in [-0.15, -0.1) is 0 Å². The maximum absolute atomic E-state index is 12.9. The number of carbonyl (C=O) groups is 1. The van der Waals surface area contributed by atoms with Crippen LogP contribution in [0.5, 0.6) is 11.5 Å². The van der Waals surface area contributed by atoms with E-state index >= 15 is 0 Å². The number of nitrogens with zero attached hydrogens (tertiary/aromatic N) is 1. The molecule has 0 bridgehead atoms. The van der Waals surface area contributed by atoms with Gasteiger partial charge in [-0.2, -0.15) is 0 Å². The molecule has 0 saturated carbocycles. The molecule has 0 atom stereocenters. The summed E-state index contributed by atoms with van der Waals surface area (Å²) in [5, 5.41) is 0.967. The molecule has 0 spiro atoms. The van der Waals surface area contributed by atoms with Crippen molar-refractivity contribution in [2.75, 3.05) is 27.3 Å². The number of piperidine rings is 1. The van der Waals surface area contributed by atoms with Crippen molar-refractivity contribution < 1.29 is 18.7 Å². The van der Waals surface area contributed by atoms with Crippen LogP contribution in [0.2, 0.25) is 0 Å². The number of benzene rings is 2. The van der Waals surface area contributed by atoms with Crippen LogP contribution in [-0.2, 0) is 4.79 Å². The quantitative estimate of drug-likeness (QED) is 0.457. The van der Waals surface area contributed by atoms with Gasteiger partial charge in [0, 0.05) is 46.8 Å². The molecule has 0 unspecified atom stereocenters. The largest absolute Gasteiger partial charge is 0.496 e. The predicted molar refractivity (Wildman–Crippen MR) is 128 cm³/mol. The van der Waals surface area contributed by atoms with E-state index in [0.717, 1.165) is 76.2 Å². The maximum atomic E-state index is 12.9. The van der Waals surface area contributed by atoms with Crippen LogP contribution in [-0.4, -0.2) is 38.1 Å². The van der Waals surface area contributed by atoms with Crippen LogP contribution in [0, 0.1) is 12.8 Å². The molecule has 4 rings (SSSR count). The van der Waals surface area contributed by atoms with Crippen molar-refractivity contribution in [3.63, 3.8) is 0 Å². The van der Waals surface area contributed by atoms with E-state index in [9.17, 15) is 4.79 Å². The molecule has 3 aromatic rings. The second kappa shape index (κ2) is 9.11. The highest BCUT2D eigenvalue weighted by atomic mass is 16.5. The molecule has 168 valence electrons. The van der Waals surface area contributed by atoms with Crippen LogP contribution in [0.3, 0.4) is 0 Å². The second-order valence-corrected chi connectivity index (χ2v) is 8.64. The highest BCUT2D eigenvalue weighted by molar-refractivity contribution is 6.02. The van der Waals surface area contributed by atoms with Crippen molar-refractivity contribution >= 4 is 22.4 Å². The van der Waals surface area contributed by atoms with Crippen LogP contribution in [0.15, 0.2) is 47.1 Å². The summed E-state index contributed by atoms with van der Waals surface area (Å²) in [6.07, 6.45) is 5.62. The zero-order valence-electron chi connectivity index (χ0n) is 19.5. The molecule has 1 aromatic heterocycles. The average molecular weight is 434 g/mol. The third kappa shape index (κ3) is 3.99. The maximum Gasteiger partial charge on any atom is 0.246 e. The van der Waals surface area contributed by atoms with E-state index in [1.54, 1.807) is 26.6 Å². The number of rotatable bonds is 5. The lowest BCUT2D eigenvalue weighted by Crippen LogP contribution is -2.36. The number of hydrogen-bond acceptors (Lipinski definition) is 4. The van der Waals surface area contributed by atoms with E-state index < -0.39 is 0 Å². The lowest BCUT2D eigenvalue weighted by atomic mass is 9.95. The minimum absolute atomic E-state index is 0.0614. The number of fused-ring (bicyclic) bond motifs is 1. The lowest BCUT2D eigenvalue weighted by Gasteiger charge is -2.29. The Balaban J connectivity index is 1.79. The number of amides is 1. The summed E-state index contributed by atoms with van der Waals surface area (Å²) < 4.78 is 17.3. The molecule has 2 heterocycles. The summed E-state index contributed by atoms with van der Waals surface area (Å²) in [7, 11) is 3.32. The van der Waals surface area contributed by atoms with Gasteiger partial charge in [0.15, 0.2) is 0 Å². The fourth-order valence-corrected chi connectivity index (χ4v) is 4.53. The molecule has 0 radical (unpaired) electrons. The Hall–Kier alpha value is -3.21. The van der Waals surface area contributed by atoms with E-state index in [2.05, 4.69) is 13.0 Å². The van der Waals surface area contributed by atoms with Gasteiger partial charge in [-0.1, -0.05) is 25.1 Å².